The van der Waals surface area contributed by atoms with Crippen LogP contribution in [0.4, 0.5) is 10.1 Å². The molecule has 2 aliphatic carbocycles. The molecule has 6 atom stereocenters. The Bertz CT molecular complexity index is 1550. The maximum atomic E-state index is 14.3. The minimum absolute atomic E-state index is 0.0716. The Morgan fingerprint density at radius 3 is 2.38 bits per heavy atom. The number of halogens is 4. The van der Waals surface area contributed by atoms with Crippen LogP contribution < -0.4 is 9.64 Å². The van der Waals surface area contributed by atoms with Crippen LogP contribution in [0.1, 0.15) is 24.3 Å². The van der Waals surface area contributed by atoms with Crippen molar-refractivity contribution in [2.75, 3.05) is 19.1 Å². The second-order valence-corrected chi connectivity index (χ2v) is 12.7. The second kappa shape index (κ2) is 9.03. The topological polar surface area (TPSA) is 104 Å². The van der Waals surface area contributed by atoms with Crippen molar-refractivity contribution in [1.29, 1.82) is 0 Å². The minimum atomic E-state index is -2.16. The number of rotatable bonds is 3. The van der Waals surface area contributed by atoms with Gasteiger partial charge in [0.25, 0.3) is 11.8 Å². The zero-order valence-corrected chi connectivity index (χ0v) is 24.3. The van der Waals surface area contributed by atoms with Crippen molar-refractivity contribution in [2.24, 2.45) is 17.8 Å². The van der Waals surface area contributed by atoms with E-state index in [2.05, 4.69) is 15.9 Å². The fourth-order valence-corrected chi connectivity index (χ4v) is 8.25. The van der Waals surface area contributed by atoms with Crippen molar-refractivity contribution in [2.45, 2.75) is 28.5 Å². The first kappa shape index (κ1) is 27.2. The Morgan fingerprint density at radius 1 is 1.05 bits per heavy atom. The van der Waals surface area contributed by atoms with Crippen LogP contribution in [-0.4, -0.2) is 57.5 Å². The second-order valence-electron chi connectivity index (χ2n) is 10.5. The lowest BCUT2D eigenvalue weighted by molar-refractivity contribution is -0.138. The number of phenols is 1. The lowest BCUT2D eigenvalue weighted by atomic mass is 9.56. The molecule has 6 rings (SSSR count). The SMILES string of the molecule is COc1cc(Br)cc(C2C3=CCC4C(=O)N(C)C(=O)C4C3CC3(Cl)C(=O)N(c4ccc(F)cc4)C(=O)C23Cl)c1O. The molecule has 1 saturated carbocycles. The minimum Gasteiger partial charge on any atom is -0.504 e. The van der Waals surface area contributed by atoms with Gasteiger partial charge in [-0.2, -0.15) is 0 Å². The first-order valence-corrected chi connectivity index (χ1v) is 14.0. The van der Waals surface area contributed by atoms with Crippen molar-refractivity contribution in [3.05, 3.63) is 63.9 Å². The summed E-state index contributed by atoms with van der Waals surface area (Å²) in [5.74, 6) is -6.62. The standard InChI is InChI=1S/C28H22BrCl2FN2O6/c1-33-23(36)16-8-7-15-18(20(16)24(33)37)11-27(30)25(38)34(14-5-3-13(32)4-6-14)26(39)28(27,31)21(15)17-9-12(29)10-19(40-2)22(17)35/h3-7,9-10,16,18,20-21,35H,8,11H2,1-2H3. The normalized spacial score (nSPS) is 33.1. The number of allylic oxidation sites excluding steroid dienone is 2. The molecule has 2 heterocycles. The molecular weight excluding hydrogens is 630 g/mol. The third-order valence-corrected chi connectivity index (χ3v) is 10.6. The van der Waals surface area contributed by atoms with E-state index in [4.69, 9.17) is 27.9 Å². The molecular formula is C28H22BrCl2FN2O6. The van der Waals surface area contributed by atoms with Gasteiger partial charge in [-0.05, 0) is 55.2 Å². The molecule has 4 amide bonds. The van der Waals surface area contributed by atoms with E-state index in [0.717, 1.165) is 21.9 Å². The predicted molar refractivity (Wildman–Crippen MR) is 147 cm³/mol. The number of likely N-dealkylation sites (tertiary alicyclic amines) is 1. The van der Waals surface area contributed by atoms with E-state index in [1.807, 2.05) is 0 Å². The van der Waals surface area contributed by atoms with Crippen LogP contribution in [0.15, 0.2) is 52.5 Å². The first-order chi connectivity index (χ1) is 18.9. The van der Waals surface area contributed by atoms with Crippen molar-refractivity contribution in [3.63, 3.8) is 0 Å². The largest absolute Gasteiger partial charge is 0.504 e. The van der Waals surface area contributed by atoms with Gasteiger partial charge < -0.3 is 9.84 Å². The summed E-state index contributed by atoms with van der Waals surface area (Å²) in [5, 5.41) is 11.3. The van der Waals surface area contributed by atoms with Gasteiger partial charge in [-0.3, -0.25) is 24.1 Å². The third-order valence-electron chi connectivity index (χ3n) is 8.72. The summed E-state index contributed by atoms with van der Waals surface area (Å²) in [6.45, 7) is 0. The molecule has 2 aromatic rings. The fraction of sp³-hybridized carbons (Fsp3) is 0.357. The van der Waals surface area contributed by atoms with Crippen LogP contribution in [0.3, 0.4) is 0 Å². The highest BCUT2D eigenvalue weighted by Gasteiger charge is 2.76. The molecule has 3 fully saturated rings. The average Bonchev–Trinajstić information content (AvgIpc) is 3.23. The maximum absolute atomic E-state index is 14.3. The van der Waals surface area contributed by atoms with E-state index in [1.54, 1.807) is 12.1 Å². The summed E-state index contributed by atoms with van der Waals surface area (Å²) in [4.78, 5) is 52.3. The molecule has 40 heavy (non-hydrogen) atoms. The highest BCUT2D eigenvalue weighted by molar-refractivity contribution is 9.10. The lowest BCUT2D eigenvalue weighted by Crippen LogP contribution is -2.60. The van der Waals surface area contributed by atoms with Crippen LogP contribution in [0.2, 0.25) is 0 Å². The van der Waals surface area contributed by atoms with E-state index in [-0.39, 0.29) is 41.5 Å². The molecule has 0 aromatic heterocycles. The Labute approximate surface area is 246 Å². The number of phenolic OH excluding ortho intramolecular Hbond substituents is 1. The van der Waals surface area contributed by atoms with E-state index in [1.165, 1.54) is 32.4 Å². The van der Waals surface area contributed by atoms with Gasteiger partial charge in [-0.1, -0.05) is 27.6 Å². The number of hydrogen-bond donors (Lipinski definition) is 1. The molecule has 12 heteroatoms. The van der Waals surface area contributed by atoms with Crippen molar-refractivity contribution >= 4 is 68.4 Å². The number of anilines is 1. The first-order valence-electron chi connectivity index (χ1n) is 12.5. The van der Waals surface area contributed by atoms with Gasteiger partial charge in [0.2, 0.25) is 11.8 Å². The number of fused-ring (bicyclic) bond motifs is 4. The summed E-state index contributed by atoms with van der Waals surface area (Å²) in [6, 6.07) is 7.84. The van der Waals surface area contributed by atoms with Gasteiger partial charge in [0.05, 0.1) is 24.6 Å². The van der Waals surface area contributed by atoms with E-state index in [0.29, 0.717) is 10.0 Å². The zero-order valence-electron chi connectivity index (χ0n) is 21.2. The summed E-state index contributed by atoms with van der Waals surface area (Å²) >= 11 is 17.9. The van der Waals surface area contributed by atoms with Crippen molar-refractivity contribution in [3.8, 4) is 11.5 Å². The quantitative estimate of drug-likeness (QED) is 0.298. The average molecular weight is 652 g/mol. The number of imide groups is 2. The van der Waals surface area contributed by atoms with E-state index in [9.17, 15) is 28.7 Å². The van der Waals surface area contributed by atoms with Gasteiger partial charge in [0.15, 0.2) is 21.2 Å². The number of nitrogens with zero attached hydrogens (tertiary/aromatic N) is 2. The van der Waals surface area contributed by atoms with Gasteiger partial charge in [0, 0.05) is 23.0 Å². The summed E-state index contributed by atoms with van der Waals surface area (Å²) < 4.78 is 19.6. The van der Waals surface area contributed by atoms with Crippen molar-refractivity contribution in [1.82, 2.24) is 4.90 Å². The highest BCUT2D eigenvalue weighted by Crippen LogP contribution is 2.66. The number of carbonyl (C=O) groups excluding carboxylic acids is 4. The molecule has 2 aromatic carbocycles. The molecule has 0 spiro atoms. The van der Waals surface area contributed by atoms with Crippen LogP contribution in [-0.2, 0) is 19.2 Å². The molecule has 0 radical (unpaired) electrons. The van der Waals surface area contributed by atoms with Gasteiger partial charge in [-0.25, -0.2) is 9.29 Å². The van der Waals surface area contributed by atoms with Crippen LogP contribution in [0, 0.1) is 23.6 Å². The number of hydrogen-bond acceptors (Lipinski definition) is 6. The molecule has 8 nitrogen and oxygen atoms in total. The van der Waals surface area contributed by atoms with Gasteiger partial charge in [0.1, 0.15) is 5.82 Å². The number of carbonyl (C=O) groups is 4. The molecule has 4 aliphatic rings. The Kier molecular flexibility index (Phi) is 6.14. The molecule has 2 aliphatic heterocycles. The molecule has 2 saturated heterocycles. The number of aromatic hydroxyl groups is 1. The number of amides is 4. The summed E-state index contributed by atoms with van der Waals surface area (Å²) in [6.07, 6.45) is 1.77. The smallest absolute Gasteiger partial charge is 0.258 e. The molecule has 1 N–H and O–H groups in total. The van der Waals surface area contributed by atoms with E-state index >= 15 is 0 Å². The summed E-state index contributed by atoms with van der Waals surface area (Å²) in [7, 11) is 2.78. The zero-order chi connectivity index (χ0) is 28.9. The van der Waals surface area contributed by atoms with Crippen LogP contribution >= 0.6 is 39.1 Å². The monoisotopic (exact) mass is 650 g/mol. The number of benzene rings is 2. The Morgan fingerprint density at radius 2 is 1.73 bits per heavy atom. The van der Waals surface area contributed by atoms with Crippen molar-refractivity contribution < 1.29 is 33.4 Å². The molecule has 0 bridgehead atoms. The lowest BCUT2D eigenvalue weighted by Gasteiger charge is -2.50. The number of alkyl halides is 2. The maximum Gasteiger partial charge on any atom is 0.258 e. The van der Waals surface area contributed by atoms with Crippen LogP contribution in [0.25, 0.3) is 0 Å². The predicted octanol–water partition coefficient (Wildman–Crippen LogP) is 4.50. The van der Waals surface area contributed by atoms with Crippen LogP contribution in [0.5, 0.6) is 11.5 Å². The Hall–Kier alpha value is -2.95. The fourth-order valence-electron chi connectivity index (χ4n) is 6.87. The number of ether oxygens (including phenoxy) is 1. The highest BCUT2D eigenvalue weighted by atomic mass is 79.9. The molecule has 208 valence electrons. The van der Waals surface area contributed by atoms with Gasteiger partial charge >= 0.3 is 0 Å². The molecule has 6 unspecified atom stereocenters. The third kappa shape index (κ3) is 3.36. The van der Waals surface area contributed by atoms with E-state index < -0.39 is 57.0 Å². The number of methoxy groups -OCH3 is 1. The van der Waals surface area contributed by atoms with Gasteiger partial charge in [-0.15, -0.1) is 23.2 Å². The summed E-state index contributed by atoms with van der Waals surface area (Å²) in [5.41, 5.74) is 0.761. The Balaban J connectivity index is 1.62.